The van der Waals surface area contributed by atoms with Crippen LogP contribution in [-0.2, 0) is 0 Å². The first-order valence-electron chi connectivity index (χ1n) is 5.51. The second-order valence-electron chi connectivity index (χ2n) is 4.70. The molecule has 2 heteroatoms. The van der Waals surface area contributed by atoms with Crippen molar-refractivity contribution in [3.8, 4) is 0 Å². The van der Waals surface area contributed by atoms with Crippen molar-refractivity contribution in [1.29, 1.82) is 0 Å². The Kier molecular flexibility index (Phi) is 4.15. The number of nitrogen functional groups attached to an aromatic ring is 1. The van der Waals surface area contributed by atoms with Gasteiger partial charge in [-0.1, -0.05) is 26.0 Å². The van der Waals surface area contributed by atoms with Gasteiger partial charge in [0.2, 0.25) is 0 Å². The molecule has 0 bridgehead atoms. The third-order valence-corrected chi connectivity index (χ3v) is 2.94. The molecule has 0 fully saturated rings. The van der Waals surface area contributed by atoms with Crippen LogP contribution in [0.5, 0.6) is 0 Å². The zero-order valence-electron chi connectivity index (χ0n) is 10.2. The molecule has 0 aliphatic carbocycles. The summed E-state index contributed by atoms with van der Waals surface area (Å²) < 4.78 is 0. The van der Waals surface area contributed by atoms with E-state index in [0.29, 0.717) is 11.8 Å². The quantitative estimate of drug-likeness (QED) is 0.767. The maximum absolute atomic E-state index is 5.79. The molecule has 15 heavy (non-hydrogen) atoms. The highest BCUT2D eigenvalue weighted by molar-refractivity contribution is 5.41. The van der Waals surface area contributed by atoms with Crippen molar-refractivity contribution < 1.29 is 0 Å². The number of nitrogens with two attached hydrogens (primary N) is 1. The minimum atomic E-state index is 0.552. The number of nitrogens with zero attached hydrogens (tertiary/aromatic N) is 1. The van der Waals surface area contributed by atoms with Crippen molar-refractivity contribution in [2.24, 2.45) is 5.92 Å². The van der Waals surface area contributed by atoms with E-state index >= 15 is 0 Å². The van der Waals surface area contributed by atoms with Gasteiger partial charge in [0.05, 0.1) is 0 Å². The first-order valence-corrected chi connectivity index (χ1v) is 5.51. The Morgan fingerprint density at radius 3 is 2.47 bits per heavy atom. The highest BCUT2D eigenvalue weighted by Crippen LogP contribution is 2.25. The monoisotopic (exact) mass is 206 g/mol. The van der Waals surface area contributed by atoms with Crippen LogP contribution in [0.25, 0.3) is 0 Å². The summed E-state index contributed by atoms with van der Waals surface area (Å²) in [5, 5.41) is 0. The Balaban J connectivity index is 2.71. The summed E-state index contributed by atoms with van der Waals surface area (Å²) in [6, 6.07) is 8.21. The molecular formula is C13H22N2. The summed E-state index contributed by atoms with van der Waals surface area (Å²) in [4.78, 5) is 2.23. The van der Waals surface area contributed by atoms with E-state index in [9.17, 15) is 0 Å². The molecule has 1 unspecified atom stereocenters. The number of hydrogen-bond donors (Lipinski definition) is 1. The van der Waals surface area contributed by atoms with Crippen molar-refractivity contribution in [2.75, 3.05) is 26.4 Å². The molecule has 0 radical (unpaired) electrons. The van der Waals surface area contributed by atoms with E-state index < -0.39 is 0 Å². The van der Waals surface area contributed by atoms with Crippen molar-refractivity contribution in [3.05, 3.63) is 29.8 Å². The lowest BCUT2D eigenvalue weighted by atomic mass is 9.88. The van der Waals surface area contributed by atoms with E-state index in [1.807, 2.05) is 12.1 Å². The SMILES string of the molecule is CC(c1cccc(N)c1)[C@@H](C)CN(C)C. The Labute approximate surface area is 93.1 Å². The van der Waals surface area contributed by atoms with E-state index in [0.717, 1.165) is 12.2 Å². The van der Waals surface area contributed by atoms with Crippen LogP contribution in [0.15, 0.2) is 24.3 Å². The maximum Gasteiger partial charge on any atom is 0.0316 e. The predicted octanol–water partition coefficient (Wildman–Crippen LogP) is 2.57. The summed E-state index contributed by atoms with van der Waals surface area (Å²) in [5.74, 6) is 1.19. The number of rotatable bonds is 4. The Hall–Kier alpha value is -1.02. The van der Waals surface area contributed by atoms with Crippen LogP contribution in [0.2, 0.25) is 0 Å². The molecule has 0 aromatic heterocycles. The van der Waals surface area contributed by atoms with Crippen molar-refractivity contribution in [3.63, 3.8) is 0 Å². The molecule has 1 aromatic rings. The van der Waals surface area contributed by atoms with Crippen LogP contribution in [-0.4, -0.2) is 25.5 Å². The Bertz CT molecular complexity index is 307. The first kappa shape index (κ1) is 12.1. The van der Waals surface area contributed by atoms with Gasteiger partial charge in [0.15, 0.2) is 0 Å². The molecule has 0 saturated carbocycles. The van der Waals surface area contributed by atoms with Gasteiger partial charge in [-0.2, -0.15) is 0 Å². The van der Waals surface area contributed by atoms with Gasteiger partial charge in [-0.25, -0.2) is 0 Å². The van der Waals surface area contributed by atoms with Crippen molar-refractivity contribution in [2.45, 2.75) is 19.8 Å². The van der Waals surface area contributed by atoms with Crippen LogP contribution in [0.1, 0.15) is 25.3 Å². The number of anilines is 1. The summed E-state index contributed by atoms with van der Waals surface area (Å²) in [5.41, 5.74) is 7.98. The smallest absolute Gasteiger partial charge is 0.0316 e. The third kappa shape index (κ3) is 3.56. The van der Waals surface area contributed by atoms with Crippen LogP contribution < -0.4 is 5.73 Å². The normalized spacial score (nSPS) is 15.3. The molecule has 2 N–H and O–H groups in total. The molecular weight excluding hydrogens is 184 g/mol. The lowest BCUT2D eigenvalue weighted by Gasteiger charge is -2.23. The average Bonchev–Trinajstić information content (AvgIpc) is 2.15. The fourth-order valence-electron chi connectivity index (χ4n) is 1.90. The fourth-order valence-corrected chi connectivity index (χ4v) is 1.90. The number of hydrogen-bond acceptors (Lipinski definition) is 2. The van der Waals surface area contributed by atoms with Crippen LogP contribution in [0.4, 0.5) is 5.69 Å². The standard InChI is InChI=1S/C13H22N2/c1-10(9-15(3)4)11(2)12-6-5-7-13(14)8-12/h5-8,10-11H,9,14H2,1-4H3/t10-,11?/m0/s1. The van der Waals surface area contributed by atoms with Crippen LogP contribution in [0.3, 0.4) is 0 Å². The molecule has 1 aromatic carbocycles. The van der Waals surface area contributed by atoms with E-state index in [4.69, 9.17) is 5.73 Å². The van der Waals surface area contributed by atoms with Crippen molar-refractivity contribution in [1.82, 2.24) is 4.90 Å². The molecule has 2 atom stereocenters. The topological polar surface area (TPSA) is 29.3 Å². The molecule has 0 spiro atoms. The van der Waals surface area contributed by atoms with Gasteiger partial charge < -0.3 is 10.6 Å². The fraction of sp³-hybridized carbons (Fsp3) is 0.538. The molecule has 0 aliphatic heterocycles. The van der Waals surface area contributed by atoms with Gasteiger partial charge in [-0.3, -0.25) is 0 Å². The Morgan fingerprint density at radius 2 is 1.93 bits per heavy atom. The second-order valence-corrected chi connectivity index (χ2v) is 4.70. The zero-order valence-corrected chi connectivity index (χ0v) is 10.2. The highest BCUT2D eigenvalue weighted by atomic mass is 15.1. The predicted molar refractivity (Wildman–Crippen MR) is 67.0 cm³/mol. The van der Waals surface area contributed by atoms with Gasteiger partial charge in [0.1, 0.15) is 0 Å². The molecule has 0 saturated heterocycles. The van der Waals surface area contributed by atoms with Crippen LogP contribution in [0, 0.1) is 5.92 Å². The van der Waals surface area contributed by atoms with E-state index in [1.165, 1.54) is 5.56 Å². The maximum atomic E-state index is 5.79. The summed E-state index contributed by atoms with van der Waals surface area (Å²) in [6.45, 7) is 5.66. The van der Waals surface area contributed by atoms with Gasteiger partial charge in [-0.15, -0.1) is 0 Å². The van der Waals surface area contributed by atoms with Gasteiger partial charge >= 0.3 is 0 Å². The zero-order chi connectivity index (χ0) is 11.4. The minimum absolute atomic E-state index is 0.552. The summed E-state index contributed by atoms with van der Waals surface area (Å²) >= 11 is 0. The van der Waals surface area contributed by atoms with E-state index in [-0.39, 0.29) is 0 Å². The van der Waals surface area contributed by atoms with E-state index in [1.54, 1.807) is 0 Å². The average molecular weight is 206 g/mol. The van der Waals surface area contributed by atoms with Gasteiger partial charge in [-0.05, 0) is 43.6 Å². The van der Waals surface area contributed by atoms with Gasteiger partial charge in [0.25, 0.3) is 0 Å². The van der Waals surface area contributed by atoms with Gasteiger partial charge in [0, 0.05) is 12.2 Å². The van der Waals surface area contributed by atoms with E-state index in [2.05, 4.69) is 45.0 Å². The minimum Gasteiger partial charge on any atom is -0.399 e. The lowest BCUT2D eigenvalue weighted by Crippen LogP contribution is -2.23. The molecule has 0 heterocycles. The molecule has 2 nitrogen and oxygen atoms in total. The third-order valence-electron chi connectivity index (χ3n) is 2.94. The van der Waals surface area contributed by atoms with Crippen molar-refractivity contribution >= 4 is 5.69 Å². The first-order chi connectivity index (χ1) is 7.00. The number of benzene rings is 1. The summed E-state index contributed by atoms with van der Waals surface area (Å²) in [6.07, 6.45) is 0. The highest BCUT2D eigenvalue weighted by Gasteiger charge is 2.14. The Morgan fingerprint density at radius 1 is 1.27 bits per heavy atom. The lowest BCUT2D eigenvalue weighted by molar-refractivity contribution is 0.313. The van der Waals surface area contributed by atoms with Crippen LogP contribution >= 0.6 is 0 Å². The summed E-state index contributed by atoms with van der Waals surface area (Å²) in [7, 11) is 4.23. The largest absolute Gasteiger partial charge is 0.399 e. The second kappa shape index (κ2) is 5.17. The molecule has 0 aliphatic rings. The molecule has 84 valence electrons. The molecule has 0 amide bonds. The molecule has 1 rings (SSSR count).